The van der Waals surface area contributed by atoms with Crippen molar-refractivity contribution in [3.8, 4) is 6.07 Å². The molecule has 1 saturated heterocycles. The second kappa shape index (κ2) is 4.67. The van der Waals surface area contributed by atoms with Crippen molar-refractivity contribution in [1.29, 1.82) is 5.26 Å². The van der Waals surface area contributed by atoms with Crippen LogP contribution < -0.4 is 0 Å². The lowest BCUT2D eigenvalue weighted by Gasteiger charge is -2.47. The smallest absolute Gasteiger partial charge is 0.236 e. The summed E-state index contributed by atoms with van der Waals surface area (Å²) in [7, 11) is 2.64. The van der Waals surface area contributed by atoms with Gasteiger partial charge < -0.3 is 4.90 Å². The Morgan fingerprint density at radius 2 is 2.15 bits per heavy atom. The largest absolute Gasteiger partial charge is 0.341 e. The number of Topliss-reactive ketones (excluding diaryl/α,β-unsaturated/α-hetero) is 1. The minimum absolute atomic E-state index is 0.0000491. The first-order valence-electron chi connectivity index (χ1n) is 7.22. The third-order valence-corrected chi connectivity index (χ3v) is 5.78. The summed E-state index contributed by atoms with van der Waals surface area (Å²) in [5.41, 5.74) is 0.144. The number of carbonyl (C=O) groups is 2. The molecule has 0 N–H and O–H groups in total. The minimum Gasteiger partial charge on any atom is -0.341 e. The molecule has 0 bridgehead atoms. The first-order chi connectivity index (χ1) is 9.47. The lowest BCUT2D eigenvalue weighted by molar-refractivity contribution is -0.139. The fraction of sp³-hybridized carbons (Fsp3) is 0.667. The molecule has 1 saturated carbocycles. The van der Waals surface area contributed by atoms with Gasteiger partial charge in [0.15, 0.2) is 5.78 Å². The van der Waals surface area contributed by atoms with Crippen molar-refractivity contribution in [2.75, 3.05) is 13.1 Å². The molecule has 20 heavy (non-hydrogen) atoms. The molecule has 4 atom stereocenters. The zero-order chi connectivity index (χ0) is 14.5. The number of ketones is 1. The molecule has 1 amide bonds. The SMILES string of the molecule is C[C@H]1C(=O)C(C#N)=C[C@@]2(P)C(=O)N(CC3CC3)CCC12. The van der Waals surface area contributed by atoms with E-state index in [0.29, 0.717) is 5.92 Å². The van der Waals surface area contributed by atoms with Gasteiger partial charge in [-0.2, -0.15) is 5.26 Å². The molecule has 2 unspecified atom stereocenters. The van der Waals surface area contributed by atoms with Crippen LogP contribution in [0.4, 0.5) is 0 Å². The fourth-order valence-corrected chi connectivity index (χ4v) is 4.32. The number of piperidine rings is 1. The highest BCUT2D eigenvalue weighted by Gasteiger charge is 2.53. The lowest BCUT2D eigenvalue weighted by atomic mass is 9.69. The van der Waals surface area contributed by atoms with E-state index in [1.165, 1.54) is 12.8 Å². The first-order valence-corrected chi connectivity index (χ1v) is 7.80. The molecule has 1 heterocycles. The van der Waals surface area contributed by atoms with E-state index in [1.54, 1.807) is 6.08 Å². The summed E-state index contributed by atoms with van der Waals surface area (Å²) in [5.74, 6) is 0.363. The number of hydrogen-bond donors (Lipinski definition) is 0. The van der Waals surface area contributed by atoms with Gasteiger partial charge in [0, 0.05) is 19.0 Å². The van der Waals surface area contributed by atoms with E-state index in [-0.39, 0.29) is 29.1 Å². The van der Waals surface area contributed by atoms with E-state index in [0.717, 1.165) is 19.5 Å². The molecule has 3 aliphatic rings. The third-order valence-electron chi connectivity index (χ3n) is 4.94. The van der Waals surface area contributed by atoms with Crippen molar-refractivity contribution in [3.05, 3.63) is 11.6 Å². The Labute approximate surface area is 121 Å². The van der Waals surface area contributed by atoms with Crippen LogP contribution in [0.5, 0.6) is 0 Å². The normalized spacial score (nSPS) is 37.2. The Morgan fingerprint density at radius 3 is 2.75 bits per heavy atom. The number of amides is 1. The van der Waals surface area contributed by atoms with E-state index in [2.05, 4.69) is 9.24 Å². The van der Waals surface area contributed by atoms with Crippen LogP contribution >= 0.6 is 9.24 Å². The van der Waals surface area contributed by atoms with Gasteiger partial charge in [-0.15, -0.1) is 9.24 Å². The van der Waals surface area contributed by atoms with Crippen LogP contribution in [0.25, 0.3) is 0 Å². The number of likely N-dealkylation sites (tertiary alicyclic amines) is 1. The highest BCUT2D eigenvalue weighted by molar-refractivity contribution is 7.21. The molecule has 3 rings (SSSR count). The molecular weight excluding hydrogens is 271 g/mol. The van der Waals surface area contributed by atoms with Crippen LogP contribution in [0.3, 0.4) is 0 Å². The summed E-state index contributed by atoms with van der Waals surface area (Å²) in [6.45, 7) is 3.42. The van der Waals surface area contributed by atoms with Gasteiger partial charge in [0.25, 0.3) is 0 Å². The number of fused-ring (bicyclic) bond motifs is 1. The van der Waals surface area contributed by atoms with Gasteiger partial charge in [0.1, 0.15) is 6.07 Å². The van der Waals surface area contributed by atoms with Crippen LogP contribution in [0.1, 0.15) is 26.2 Å². The highest BCUT2D eigenvalue weighted by Crippen LogP contribution is 2.47. The van der Waals surface area contributed by atoms with Crippen molar-refractivity contribution >= 4 is 20.9 Å². The van der Waals surface area contributed by atoms with Gasteiger partial charge in [-0.3, -0.25) is 9.59 Å². The van der Waals surface area contributed by atoms with Crippen molar-refractivity contribution in [1.82, 2.24) is 4.90 Å². The Hall–Kier alpha value is -1.20. The average molecular weight is 290 g/mol. The number of nitriles is 1. The fourth-order valence-electron chi connectivity index (χ4n) is 3.51. The number of allylic oxidation sites excluding steroid dienone is 1. The molecule has 1 aliphatic heterocycles. The Balaban J connectivity index is 1.94. The van der Waals surface area contributed by atoms with E-state index >= 15 is 0 Å². The molecule has 0 aromatic heterocycles. The molecule has 4 nitrogen and oxygen atoms in total. The third kappa shape index (κ3) is 2.00. The first kappa shape index (κ1) is 13.8. The Bertz CT molecular complexity index is 547. The van der Waals surface area contributed by atoms with E-state index in [9.17, 15) is 9.59 Å². The topological polar surface area (TPSA) is 61.2 Å². The van der Waals surface area contributed by atoms with Gasteiger partial charge in [0.2, 0.25) is 5.91 Å². The monoisotopic (exact) mass is 290 g/mol. The molecule has 0 aromatic carbocycles. The van der Waals surface area contributed by atoms with Gasteiger partial charge in [0.05, 0.1) is 10.7 Å². The van der Waals surface area contributed by atoms with Crippen molar-refractivity contribution in [2.24, 2.45) is 17.8 Å². The van der Waals surface area contributed by atoms with Crippen LogP contribution in [-0.4, -0.2) is 34.8 Å². The van der Waals surface area contributed by atoms with Crippen LogP contribution in [0.2, 0.25) is 0 Å². The van der Waals surface area contributed by atoms with Crippen molar-refractivity contribution < 1.29 is 9.59 Å². The van der Waals surface area contributed by atoms with Crippen LogP contribution in [-0.2, 0) is 9.59 Å². The standard InChI is InChI=1S/C15H19N2O2P/c1-9-12-4-5-17(8-10-2-3-10)14(19)15(12,20)6-11(7-16)13(9)18/h6,9-10,12H,2-5,8,20H2,1H3/t9-,12?,15+/m1/s1. The van der Waals surface area contributed by atoms with Crippen molar-refractivity contribution in [2.45, 2.75) is 31.3 Å². The lowest BCUT2D eigenvalue weighted by Crippen LogP contribution is -2.58. The average Bonchev–Trinajstić information content (AvgIpc) is 3.23. The van der Waals surface area contributed by atoms with E-state index < -0.39 is 5.16 Å². The zero-order valence-electron chi connectivity index (χ0n) is 11.6. The molecule has 2 fully saturated rings. The molecule has 0 spiro atoms. The summed E-state index contributed by atoms with van der Waals surface area (Å²) in [6.07, 6.45) is 4.87. The molecule has 5 heteroatoms. The molecule has 0 aromatic rings. The predicted octanol–water partition coefficient (Wildman–Crippen LogP) is 1.53. The quantitative estimate of drug-likeness (QED) is 0.725. The van der Waals surface area contributed by atoms with Gasteiger partial charge in [-0.05, 0) is 37.2 Å². The number of rotatable bonds is 2. The Morgan fingerprint density at radius 1 is 1.45 bits per heavy atom. The summed E-state index contributed by atoms with van der Waals surface area (Å²) in [5, 5.41) is 8.36. The second-order valence-corrected chi connectivity index (χ2v) is 7.30. The molecule has 106 valence electrons. The van der Waals surface area contributed by atoms with Crippen molar-refractivity contribution in [3.63, 3.8) is 0 Å². The van der Waals surface area contributed by atoms with E-state index in [1.807, 2.05) is 17.9 Å². The number of hydrogen-bond acceptors (Lipinski definition) is 3. The maximum Gasteiger partial charge on any atom is 0.236 e. The van der Waals surface area contributed by atoms with Crippen LogP contribution in [0.15, 0.2) is 11.6 Å². The number of carbonyl (C=O) groups excluding carboxylic acids is 2. The maximum absolute atomic E-state index is 12.8. The highest BCUT2D eigenvalue weighted by atomic mass is 31.0. The summed E-state index contributed by atoms with van der Waals surface area (Å²) < 4.78 is 0. The number of nitrogens with zero attached hydrogens (tertiary/aromatic N) is 2. The molecular formula is C15H19N2O2P. The molecule has 0 radical (unpaired) electrons. The van der Waals surface area contributed by atoms with Crippen LogP contribution in [0, 0.1) is 29.1 Å². The maximum atomic E-state index is 12.8. The van der Waals surface area contributed by atoms with Gasteiger partial charge in [-0.25, -0.2) is 0 Å². The second-order valence-electron chi connectivity index (χ2n) is 6.35. The Kier molecular flexibility index (Phi) is 3.21. The summed E-state index contributed by atoms with van der Waals surface area (Å²) in [6, 6.07) is 1.96. The zero-order valence-corrected chi connectivity index (χ0v) is 12.8. The van der Waals surface area contributed by atoms with Gasteiger partial charge in [-0.1, -0.05) is 6.92 Å². The van der Waals surface area contributed by atoms with Gasteiger partial charge >= 0.3 is 0 Å². The minimum atomic E-state index is -0.758. The van der Waals surface area contributed by atoms with E-state index in [4.69, 9.17) is 5.26 Å². The summed E-state index contributed by atoms with van der Waals surface area (Å²) in [4.78, 5) is 26.8. The predicted molar refractivity (Wildman–Crippen MR) is 77.7 cm³/mol. The summed E-state index contributed by atoms with van der Waals surface area (Å²) >= 11 is 0. The molecule has 2 aliphatic carbocycles.